The Bertz CT molecular complexity index is 609. The molecule has 0 aliphatic carbocycles. The molecule has 1 aliphatic rings. The number of aromatic nitrogens is 2. The number of halogens is 2. The lowest BCUT2D eigenvalue weighted by molar-refractivity contribution is 0.341. The van der Waals surface area contributed by atoms with Crippen LogP contribution in [0.15, 0.2) is 22.7 Å². The van der Waals surface area contributed by atoms with E-state index in [-0.39, 0.29) is 18.2 Å². The predicted octanol–water partition coefficient (Wildman–Crippen LogP) is 3.54. The Morgan fingerprint density at radius 1 is 1.32 bits per heavy atom. The molecule has 2 heterocycles. The Kier molecular flexibility index (Phi) is 5.91. The van der Waals surface area contributed by atoms with Crippen molar-refractivity contribution in [3.05, 3.63) is 35.5 Å². The number of nitrogens with zero attached hydrogens (tertiary/aromatic N) is 2. The van der Waals surface area contributed by atoms with Crippen molar-refractivity contribution in [2.75, 3.05) is 13.1 Å². The molecule has 1 aromatic heterocycles. The van der Waals surface area contributed by atoms with Crippen molar-refractivity contribution < 1.29 is 8.91 Å². The summed E-state index contributed by atoms with van der Waals surface area (Å²) < 4.78 is 18.7. The third-order valence-corrected chi connectivity index (χ3v) is 4.04. The third-order valence-electron chi connectivity index (χ3n) is 4.04. The van der Waals surface area contributed by atoms with E-state index in [1.165, 1.54) is 18.9 Å². The smallest absolute Gasteiger partial charge is 0.227 e. The summed E-state index contributed by atoms with van der Waals surface area (Å²) in [5, 5.41) is 7.43. The van der Waals surface area contributed by atoms with Crippen LogP contribution in [0.3, 0.4) is 0 Å². The molecule has 0 spiro atoms. The third kappa shape index (κ3) is 4.05. The van der Waals surface area contributed by atoms with Gasteiger partial charge in [-0.25, -0.2) is 4.39 Å². The maximum Gasteiger partial charge on any atom is 0.227 e. The largest absolute Gasteiger partial charge is 0.339 e. The van der Waals surface area contributed by atoms with Crippen LogP contribution in [0, 0.1) is 18.7 Å². The second-order valence-corrected chi connectivity index (χ2v) is 5.73. The Morgan fingerprint density at radius 2 is 2.18 bits per heavy atom. The molecular weight excluding hydrogens is 305 g/mol. The van der Waals surface area contributed by atoms with E-state index in [4.69, 9.17) is 4.52 Å². The fourth-order valence-corrected chi connectivity index (χ4v) is 2.78. The summed E-state index contributed by atoms with van der Waals surface area (Å²) in [6.45, 7) is 3.89. The Hall–Kier alpha value is -1.46. The summed E-state index contributed by atoms with van der Waals surface area (Å²) in [4.78, 5) is 4.46. The van der Waals surface area contributed by atoms with E-state index in [2.05, 4.69) is 15.5 Å². The fraction of sp³-hybridized carbons (Fsp3) is 0.500. The SMILES string of the molecule is Cc1cc(-c2noc(CC3CCCNCC3)n2)ccc1F.Cl. The first-order chi connectivity index (χ1) is 10.2. The molecule has 1 aliphatic heterocycles. The second-order valence-electron chi connectivity index (χ2n) is 5.73. The monoisotopic (exact) mass is 325 g/mol. The van der Waals surface area contributed by atoms with Crippen LogP contribution in [-0.4, -0.2) is 23.2 Å². The summed E-state index contributed by atoms with van der Waals surface area (Å²) >= 11 is 0. The molecule has 0 bridgehead atoms. The van der Waals surface area contributed by atoms with E-state index in [1.54, 1.807) is 19.1 Å². The zero-order valence-corrected chi connectivity index (χ0v) is 13.5. The summed E-state index contributed by atoms with van der Waals surface area (Å²) in [7, 11) is 0. The van der Waals surface area contributed by atoms with Crippen LogP contribution in [0.25, 0.3) is 11.4 Å². The molecule has 1 atom stereocenters. The molecule has 22 heavy (non-hydrogen) atoms. The van der Waals surface area contributed by atoms with Gasteiger partial charge in [0.15, 0.2) is 0 Å². The fourth-order valence-electron chi connectivity index (χ4n) is 2.78. The minimum absolute atomic E-state index is 0. The zero-order chi connectivity index (χ0) is 14.7. The van der Waals surface area contributed by atoms with E-state index in [9.17, 15) is 4.39 Å². The van der Waals surface area contributed by atoms with E-state index in [1.807, 2.05) is 0 Å². The van der Waals surface area contributed by atoms with Crippen molar-refractivity contribution in [1.82, 2.24) is 15.5 Å². The van der Waals surface area contributed by atoms with E-state index >= 15 is 0 Å². The van der Waals surface area contributed by atoms with Crippen LogP contribution < -0.4 is 5.32 Å². The topological polar surface area (TPSA) is 51.0 Å². The molecule has 0 saturated carbocycles. The highest BCUT2D eigenvalue weighted by Crippen LogP contribution is 2.22. The maximum absolute atomic E-state index is 13.3. The van der Waals surface area contributed by atoms with Crippen LogP contribution in [-0.2, 0) is 6.42 Å². The molecular formula is C16H21ClFN3O. The van der Waals surface area contributed by atoms with Gasteiger partial charge in [0.1, 0.15) is 5.82 Å². The van der Waals surface area contributed by atoms with Gasteiger partial charge < -0.3 is 9.84 Å². The highest BCUT2D eigenvalue weighted by molar-refractivity contribution is 5.85. The van der Waals surface area contributed by atoms with Crippen molar-refractivity contribution in [3.8, 4) is 11.4 Å². The molecule has 1 unspecified atom stereocenters. The normalized spacial score (nSPS) is 18.5. The first kappa shape index (κ1) is 16.9. The molecule has 1 saturated heterocycles. The minimum Gasteiger partial charge on any atom is -0.339 e. The molecule has 2 aromatic rings. The number of aryl methyl sites for hydroxylation is 1. The predicted molar refractivity (Wildman–Crippen MR) is 85.6 cm³/mol. The maximum atomic E-state index is 13.3. The number of hydrogen-bond donors (Lipinski definition) is 1. The number of hydrogen-bond acceptors (Lipinski definition) is 4. The molecule has 0 radical (unpaired) electrons. The molecule has 1 fully saturated rings. The van der Waals surface area contributed by atoms with Gasteiger partial charge in [-0.3, -0.25) is 0 Å². The molecule has 1 N–H and O–H groups in total. The van der Waals surface area contributed by atoms with Crippen LogP contribution >= 0.6 is 12.4 Å². The van der Waals surface area contributed by atoms with E-state index in [0.717, 1.165) is 31.5 Å². The average Bonchev–Trinajstić information content (AvgIpc) is 2.78. The van der Waals surface area contributed by atoms with Gasteiger partial charge in [-0.15, -0.1) is 12.4 Å². The van der Waals surface area contributed by atoms with Gasteiger partial charge in [-0.2, -0.15) is 4.98 Å². The van der Waals surface area contributed by atoms with E-state index < -0.39 is 0 Å². The van der Waals surface area contributed by atoms with Crippen molar-refractivity contribution in [1.29, 1.82) is 0 Å². The Balaban J connectivity index is 0.00000176. The average molecular weight is 326 g/mol. The van der Waals surface area contributed by atoms with E-state index in [0.29, 0.717) is 23.2 Å². The molecule has 3 rings (SSSR count). The van der Waals surface area contributed by atoms with Crippen molar-refractivity contribution >= 4 is 12.4 Å². The quantitative estimate of drug-likeness (QED) is 0.937. The first-order valence-corrected chi connectivity index (χ1v) is 7.52. The van der Waals surface area contributed by atoms with Crippen molar-refractivity contribution in [2.24, 2.45) is 5.92 Å². The summed E-state index contributed by atoms with van der Waals surface area (Å²) in [5.41, 5.74) is 1.39. The van der Waals surface area contributed by atoms with Gasteiger partial charge in [-0.05, 0) is 69.0 Å². The lowest BCUT2D eigenvalue weighted by Crippen LogP contribution is -2.14. The molecule has 4 nitrogen and oxygen atoms in total. The zero-order valence-electron chi connectivity index (χ0n) is 12.6. The summed E-state index contributed by atoms with van der Waals surface area (Å²) in [5.74, 6) is 1.61. The number of benzene rings is 1. The highest BCUT2D eigenvalue weighted by Gasteiger charge is 2.17. The van der Waals surface area contributed by atoms with Crippen LogP contribution in [0.4, 0.5) is 4.39 Å². The highest BCUT2D eigenvalue weighted by atomic mass is 35.5. The van der Waals surface area contributed by atoms with Gasteiger partial charge in [0.25, 0.3) is 0 Å². The molecule has 0 amide bonds. The first-order valence-electron chi connectivity index (χ1n) is 7.52. The van der Waals surface area contributed by atoms with Crippen LogP contribution in [0.5, 0.6) is 0 Å². The standard InChI is InChI=1S/C16H20FN3O.ClH/c1-11-9-13(4-5-14(11)17)16-19-15(21-20-16)10-12-3-2-7-18-8-6-12;/h4-5,9,12,18H,2-3,6-8,10H2,1H3;1H. The van der Waals surface area contributed by atoms with Gasteiger partial charge in [-0.1, -0.05) is 5.16 Å². The van der Waals surface area contributed by atoms with Gasteiger partial charge in [0.05, 0.1) is 0 Å². The summed E-state index contributed by atoms with van der Waals surface area (Å²) in [6.07, 6.45) is 4.37. The summed E-state index contributed by atoms with van der Waals surface area (Å²) in [6, 6.07) is 4.88. The number of nitrogens with one attached hydrogen (secondary N) is 1. The number of rotatable bonds is 3. The Labute approximate surface area is 135 Å². The molecule has 6 heteroatoms. The van der Waals surface area contributed by atoms with Crippen molar-refractivity contribution in [3.63, 3.8) is 0 Å². The lowest BCUT2D eigenvalue weighted by atomic mass is 9.97. The van der Waals surface area contributed by atoms with Crippen LogP contribution in [0.2, 0.25) is 0 Å². The molecule has 1 aromatic carbocycles. The lowest BCUT2D eigenvalue weighted by Gasteiger charge is -2.09. The van der Waals surface area contributed by atoms with Crippen LogP contribution in [0.1, 0.15) is 30.7 Å². The van der Waals surface area contributed by atoms with Gasteiger partial charge >= 0.3 is 0 Å². The van der Waals surface area contributed by atoms with Crippen molar-refractivity contribution in [2.45, 2.75) is 32.6 Å². The van der Waals surface area contributed by atoms with Gasteiger partial charge in [0, 0.05) is 12.0 Å². The minimum atomic E-state index is -0.214. The second kappa shape index (κ2) is 7.70. The van der Waals surface area contributed by atoms with Gasteiger partial charge in [0.2, 0.25) is 11.7 Å². The molecule has 120 valence electrons. The Morgan fingerprint density at radius 3 is 3.00 bits per heavy atom.